The van der Waals surface area contributed by atoms with Crippen molar-refractivity contribution in [1.82, 2.24) is 0 Å². The monoisotopic (exact) mass is 706 g/mol. The third-order valence-corrected chi connectivity index (χ3v) is 12.6. The Labute approximate surface area is 324 Å². The van der Waals surface area contributed by atoms with Gasteiger partial charge in [-0.15, -0.1) is 0 Å². The smallest absolute Gasteiger partial charge is 0.187 e. The molecule has 0 aliphatic heterocycles. The average molecular weight is 707 g/mol. The molecule has 0 saturated carbocycles. The van der Waals surface area contributed by atoms with Gasteiger partial charge in [-0.3, -0.25) is 0 Å². The number of aryl methyl sites for hydroxylation is 2. The van der Waals surface area contributed by atoms with Gasteiger partial charge in [0, 0.05) is 0 Å². The predicted molar refractivity (Wildman–Crippen MR) is 234 cm³/mol. The molecule has 2 nitrogen and oxygen atoms in total. The van der Waals surface area contributed by atoms with Gasteiger partial charge in [0.15, 0.2) is 5.69 Å². The van der Waals surface area contributed by atoms with E-state index in [0.717, 1.165) is 22.3 Å². The summed E-state index contributed by atoms with van der Waals surface area (Å²) in [6.07, 6.45) is 0. The average Bonchev–Trinajstić information content (AvgIpc) is 3.73. The van der Waals surface area contributed by atoms with Gasteiger partial charge >= 0.3 is 0 Å². The Morgan fingerprint density at radius 3 is 1.45 bits per heavy atom. The molecule has 0 spiro atoms. The fourth-order valence-electron chi connectivity index (χ4n) is 10.2. The molecular weight excluding hydrogens is 677 g/mol. The van der Waals surface area contributed by atoms with E-state index >= 15 is 0 Å². The second-order valence-electron chi connectivity index (χ2n) is 15.4. The van der Waals surface area contributed by atoms with Crippen molar-refractivity contribution in [2.45, 2.75) is 13.8 Å². The molecule has 0 atom stereocenters. The first-order chi connectivity index (χ1) is 27.5. The predicted octanol–water partition coefficient (Wildman–Crippen LogP) is 15.1. The molecule has 0 radical (unpaired) electrons. The first-order valence-corrected chi connectivity index (χ1v) is 19.1. The summed E-state index contributed by atoms with van der Waals surface area (Å²) in [5, 5.41) is 22.1. The molecular formula is C54H30N2. The topological polar surface area (TPSA) is 28.1 Å². The lowest BCUT2D eigenvalue weighted by atomic mass is 9.82. The highest BCUT2D eigenvalue weighted by Gasteiger charge is 2.30. The molecule has 0 bridgehead atoms. The van der Waals surface area contributed by atoms with Crippen LogP contribution in [0.4, 0.5) is 5.69 Å². The van der Waals surface area contributed by atoms with E-state index in [1.807, 2.05) is 18.2 Å². The molecule has 0 aromatic heterocycles. The fourth-order valence-corrected chi connectivity index (χ4v) is 10.2. The number of nitriles is 1. The lowest BCUT2D eigenvalue weighted by Crippen LogP contribution is -1.94. The third-order valence-electron chi connectivity index (χ3n) is 12.6. The molecule has 10 aromatic carbocycles. The molecule has 0 heterocycles. The Balaban J connectivity index is 1.24. The van der Waals surface area contributed by atoms with Gasteiger partial charge in [-0.05, 0) is 176 Å². The molecule has 0 fully saturated rings. The molecule has 0 saturated heterocycles. The van der Waals surface area contributed by atoms with Gasteiger partial charge < -0.3 is 0 Å². The highest BCUT2D eigenvalue weighted by Crippen LogP contribution is 2.57. The maximum atomic E-state index is 9.80. The van der Waals surface area contributed by atoms with Crippen LogP contribution in [0, 0.1) is 31.8 Å². The minimum Gasteiger partial charge on any atom is -0.238 e. The zero-order valence-corrected chi connectivity index (χ0v) is 30.8. The van der Waals surface area contributed by atoms with Crippen LogP contribution in [0.15, 0.2) is 146 Å². The summed E-state index contributed by atoms with van der Waals surface area (Å²) in [6, 6.07) is 55.4. The van der Waals surface area contributed by atoms with Gasteiger partial charge in [0.2, 0.25) is 0 Å². The number of nitrogens with zero attached hydrogens (tertiary/aromatic N) is 2. The number of rotatable bonds is 2. The quantitative estimate of drug-likeness (QED) is 0.130. The van der Waals surface area contributed by atoms with E-state index in [1.165, 1.54) is 109 Å². The van der Waals surface area contributed by atoms with Crippen molar-refractivity contribution >= 4 is 59.5 Å². The van der Waals surface area contributed by atoms with Crippen molar-refractivity contribution in [1.29, 1.82) is 5.26 Å². The van der Waals surface area contributed by atoms with Crippen molar-refractivity contribution in [2.24, 2.45) is 0 Å². The van der Waals surface area contributed by atoms with Crippen LogP contribution in [0.1, 0.15) is 16.7 Å². The van der Waals surface area contributed by atoms with Crippen molar-refractivity contribution in [2.75, 3.05) is 0 Å². The molecule has 56 heavy (non-hydrogen) atoms. The second-order valence-corrected chi connectivity index (χ2v) is 15.4. The molecule has 0 unspecified atom stereocenters. The maximum absolute atomic E-state index is 9.80. The lowest BCUT2D eigenvalue weighted by Gasteiger charge is -2.20. The van der Waals surface area contributed by atoms with E-state index in [2.05, 4.69) is 152 Å². The van der Waals surface area contributed by atoms with Gasteiger partial charge in [-0.1, -0.05) is 115 Å². The number of fused-ring (bicyclic) bond motifs is 11. The van der Waals surface area contributed by atoms with E-state index in [-0.39, 0.29) is 0 Å². The largest absolute Gasteiger partial charge is 0.238 e. The van der Waals surface area contributed by atoms with Crippen LogP contribution in [0.25, 0.3) is 125 Å². The van der Waals surface area contributed by atoms with Gasteiger partial charge in [0.1, 0.15) is 0 Å². The standard InChI is InChI=1S/C54H30N2/c1-29-16-18-34(56-3)25-44(29)52-41-23-21-36-37(46(41)27-48-39-13-5-9-33-11-7-15-43(50(33)39)54(48)52)20-22-40-45(36)26-47-38-12-4-8-32-10-6-14-42(49(32)38)53(47)51(40)35-19-17-31(28-55)24-30(35)2/h4-27H,1-2H3. The van der Waals surface area contributed by atoms with Crippen molar-refractivity contribution in [3.05, 3.63) is 174 Å². The highest BCUT2D eigenvalue weighted by atomic mass is 14.6. The van der Waals surface area contributed by atoms with Gasteiger partial charge in [-0.25, -0.2) is 4.85 Å². The Morgan fingerprint density at radius 2 is 0.929 bits per heavy atom. The van der Waals surface area contributed by atoms with Crippen LogP contribution in [0.2, 0.25) is 0 Å². The molecule has 0 N–H and O–H groups in total. The Bertz CT molecular complexity index is 3560. The summed E-state index contributed by atoms with van der Waals surface area (Å²) in [7, 11) is 0. The van der Waals surface area contributed by atoms with Crippen LogP contribution in [0.3, 0.4) is 0 Å². The van der Waals surface area contributed by atoms with Crippen LogP contribution in [-0.2, 0) is 0 Å². The van der Waals surface area contributed by atoms with E-state index in [4.69, 9.17) is 6.57 Å². The third kappa shape index (κ3) is 3.93. The summed E-state index contributed by atoms with van der Waals surface area (Å²) < 4.78 is 0. The summed E-state index contributed by atoms with van der Waals surface area (Å²) in [4.78, 5) is 3.87. The van der Waals surface area contributed by atoms with Crippen LogP contribution >= 0.6 is 0 Å². The highest BCUT2D eigenvalue weighted by molar-refractivity contribution is 6.30. The first kappa shape index (κ1) is 30.9. The summed E-state index contributed by atoms with van der Waals surface area (Å²) in [5.41, 5.74) is 18.3. The number of hydrogen-bond donors (Lipinski definition) is 0. The van der Waals surface area contributed by atoms with Gasteiger partial charge in [0.05, 0.1) is 18.2 Å². The fraction of sp³-hybridized carbons (Fsp3) is 0.0370. The summed E-state index contributed by atoms with van der Waals surface area (Å²) in [5.74, 6) is 0. The van der Waals surface area contributed by atoms with Crippen LogP contribution in [0.5, 0.6) is 0 Å². The molecule has 0 amide bonds. The number of benzene rings is 10. The van der Waals surface area contributed by atoms with Crippen LogP contribution < -0.4 is 0 Å². The van der Waals surface area contributed by atoms with E-state index in [1.54, 1.807) is 0 Å². The maximum Gasteiger partial charge on any atom is 0.187 e. The minimum atomic E-state index is 0.646. The zero-order valence-electron chi connectivity index (χ0n) is 30.8. The van der Waals surface area contributed by atoms with Gasteiger partial charge in [-0.2, -0.15) is 5.26 Å². The normalized spacial score (nSPS) is 12.1. The number of hydrogen-bond acceptors (Lipinski definition) is 1. The second kappa shape index (κ2) is 11.0. The lowest BCUT2D eigenvalue weighted by molar-refractivity contribution is 1.42. The van der Waals surface area contributed by atoms with Crippen molar-refractivity contribution in [3.63, 3.8) is 0 Å². The molecule has 10 aromatic rings. The van der Waals surface area contributed by atoms with Crippen molar-refractivity contribution in [3.8, 4) is 72.8 Å². The van der Waals surface area contributed by atoms with Crippen molar-refractivity contribution < 1.29 is 0 Å². The first-order valence-electron chi connectivity index (χ1n) is 19.1. The Morgan fingerprint density at radius 1 is 0.411 bits per heavy atom. The van der Waals surface area contributed by atoms with Gasteiger partial charge in [0.25, 0.3) is 0 Å². The van der Waals surface area contributed by atoms with E-state index < -0.39 is 0 Å². The van der Waals surface area contributed by atoms with E-state index in [9.17, 15) is 5.26 Å². The molecule has 12 rings (SSSR count). The Kier molecular flexibility index (Phi) is 6.08. The molecule has 2 aliphatic carbocycles. The zero-order chi connectivity index (χ0) is 37.4. The van der Waals surface area contributed by atoms with Crippen LogP contribution in [-0.4, -0.2) is 0 Å². The molecule has 256 valence electrons. The SMILES string of the molecule is [C-]#[N+]c1ccc(C)c(-c2c3c(cc4c2ccc2c5cc6c(c(-c7ccc(C#N)cc7C)c5ccc42)-c2cccc4cccc-6c24)-c2cccc4cccc-3c24)c1. The molecule has 2 heteroatoms. The molecule has 2 aliphatic rings. The minimum absolute atomic E-state index is 0.646. The summed E-state index contributed by atoms with van der Waals surface area (Å²) in [6.45, 7) is 12.2. The Hall–Kier alpha value is -7.52. The van der Waals surface area contributed by atoms with E-state index in [0.29, 0.717) is 11.3 Å². The summed E-state index contributed by atoms with van der Waals surface area (Å²) >= 11 is 0.